The molecule has 1 N–H and O–H groups in total. The van der Waals surface area contributed by atoms with Gasteiger partial charge in [0.1, 0.15) is 0 Å². The minimum atomic E-state index is -0.438. The second-order valence-corrected chi connectivity index (χ2v) is 4.81. The van der Waals surface area contributed by atoms with E-state index in [0.717, 1.165) is 25.1 Å². The quantitative estimate of drug-likeness (QED) is 0.672. The summed E-state index contributed by atoms with van der Waals surface area (Å²) in [7, 11) is 3.57. The van der Waals surface area contributed by atoms with E-state index in [1.165, 1.54) is 18.2 Å². The van der Waals surface area contributed by atoms with Crippen molar-refractivity contribution in [1.29, 1.82) is 0 Å². The van der Waals surface area contributed by atoms with Gasteiger partial charge in [0.05, 0.1) is 4.92 Å². The van der Waals surface area contributed by atoms with Crippen LogP contribution < -0.4 is 5.32 Å². The summed E-state index contributed by atoms with van der Waals surface area (Å²) >= 11 is 0. The second kappa shape index (κ2) is 5.83. The molecule has 0 aromatic heterocycles. The van der Waals surface area contributed by atoms with Gasteiger partial charge in [-0.05, 0) is 30.7 Å². The summed E-state index contributed by atoms with van der Waals surface area (Å²) < 4.78 is 0. The van der Waals surface area contributed by atoms with Gasteiger partial charge in [0, 0.05) is 37.8 Å². The third-order valence-electron chi connectivity index (χ3n) is 3.44. The second-order valence-electron chi connectivity index (χ2n) is 4.81. The minimum absolute atomic E-state index is 0.00693. The number of amides is 1. The molecule has 1 aliphatic heterocycles. The molecule has 1 amide bonds. The molecule has 1 aromatic carbocycles. The smallest absolute Gasteiger partial charge is 0.270 e. The lowest BCUT2D eigenvalue weighted by atomic mass is 9.94. The maximum atomic E-state index is 11.9. The Bertz CT molecular complexity index is 581. The molecule has 0 radical (unpaired) electrons. The van der Waals surface area contributed by atoms with Gasteiger partial charge in [-0.15, -0.1) is 0 Å². The van der Waals surface area contributed by atoms with Crippen molar-refractivity contribution in [3.63, 3.8) is 0 Å². The van der Waals surface area contributed by atoms with Crippen LogP contribution in [-0.4, -0.2) is 42.9 Å². The topological polar surface area (TPSA) is 75.5 Å². The van der Waals surface area contributed by atoms with E-state index in [2.05, 4.69) is 10.2 Å². The molecule has 0 fully saturated rings. The average Bonchev–Trinajstić information content (AvgIpc) is 2.46. The Balaban J connectivity index is 2.49. The third-order valence-corrected chi connectivity index (χ3v) is 3.44. The number of non-ortho nitro benzene ring substituents is 1. The maximum Gasteiger partial charge on any atom is 0.270 e. The zero-order valence-electron chi connectivity index (χ0n) is 11.5. The zero-order valence-corrected chi connectivity index (χ0v) is 11.5. The highest BCUT2D eigenvalue weighted by Gasteiger charge is 2.19. The summed E-state index contributed by atoms with van der Waals surface area (Å²) in [6.45, 7) is 1.66. The van der Waals surface area contributed by atoms with Gasteiger partial charge in [-0.3, -0.25) is 14.9 Å². The lowest BCUT2D eigenvalue weighted by Gasteiger charge is -2.23. The maximum absolute atomic E-state index is 11.9. The molecule has 1 aromatic rings. The molecule has 6 heteroatoms. The van der Waals surface area contributed by atoms with Crippen molar-refractivity contribution in [2.24, 2.45) is 0 Å². The molecular formula is C14H17N3O3. The molecule has 0 aliphatic carbocycles. The van der Waals surface area contributed by atoms with Crippen molar-refractivity contribution in [3.05, 3.63) is 45.5 Å². The highest BCUT2D eigenvalue weighted by molar-refractivity contribution is 5.99. The fourth-order valence-corrected chi connectivity index (χ4v) is 2.26. The van der Waals surface area contributed by atoms with Crippen molar-refractivity contribution in [3.8, 4) is 0 Å². The number of nitro groups is 1. The van der Waals surface area contributed by atoms with Crippen LogP contribution in [0.4, 0.5) is 5.69 Å². The van der Waals surface area contributed by atoms with Gasteiger partial charge in [-0.25, -0.2) is 0 Å². The van der Waals surface area contributed by atoms with Gasteiger partial charge in [-0.2, -0.15) is 0 Å². The number of nitro benzene ring substituents is 1. The number of carbonyl (C=O) groups excluding carboxylic acids is 1. The molecule has 0 spiro atoms. The van der Waals surface area contributed by atoms with Crippen LogP contribution in [0.25, 0.3) is 5.57 Å². The Morgan fingerprint density at radius 2 is 2.20 bits per heavy atom. The van der Waals surface area contributed by atoms with Crippen LogP contribution in [-0.2, 0) is 0 Å². The van der Waals surface area contributed by atoms with Crippen molar-refractivity contribution in [2.75, 3.05) is 27.2 Å². The van der Waals surface area contributed by atoms with Crippen LogP contribution in [0.3, 0.4) is 0 Å². The highest BCUT2D eigenvalue weighted by atomic mass is 16.6. The van der Waals surface area contributed by atoms with E-state index in [9.17, 15) is 14.9 Å². The van der Waals surface area contributed by atoms with Gasteiger partial charge in [0.15, 0.2) is 0 Å². The number of nitrogens with zero attached hydrogens (tertiary/aromatic N) is 2. The number of benzene rings is 1. The predicted molar refractivity (Wildman–Crippen MR) is 76.6 cm³/mol. The molecule has 0 saturated carbocycles. The molecule has 2 rings (SSSR count). The van der Waals surface area contributed by atoms with Crippen LogP contribution in [0.2, 0.25) is 0 Å². The van der Waals surface area contributed by atoms with Gasteiger partial charge in [0.2, 0.25) is 0 Å². The third kappa shape index (κ3) is 2.85. The van der Waals surface area contributed by atoms with E-state index in [4.69, 9.17) is 0 Å². The number of nitrogens with one attached hydrogen (secondary N) is 1. The first-order valence-corrected chi connectivity index (χ1v) is 6.41. The molecule has 6 nitrogen and oxygen atoms in total. The molecule has 1 aliphatic rings. The number of likely N-dealkylation sites (N-methyl/N-ethyl adjacent to an activating group) is 1. The van der Waals surface area contributed by atoms with E-state index in [1.807, 2.05) is 13.1 Å². The number of hydrogen-bond donors (Lipinski definition) is 1. The molecule has 0 saturated heterocycles. The molecule has 106 valence electrons. The minimum Gasteiger partial charge on any atom is -0.355 e. The first-order chi connectivity index (χ1) is 9.52. The van der Waals surface area contributed by atoms with E-state index in [-0.39, 0.29) is 11.6 Å². The largest absolute Gasteiger partial charge is 0.355 e. The summed E-state index contributed by atoms with van der Waals surface area (Å²) in [5, 5.41) is 13.5. The Hall–Kier alpha value is -2.21. The lowest BCUT2D eigenvalue weighted by Crippen LogP contribution is -2.25. The molecule has 20 heavy (non-hydrogen) atoms. The molecule has 0 atom stereocenters. The lowest BCUT2D eigenvalue weighted by molar-refractivity contribution is -0.384. The van der Waals surface area contributed by atoms with Crippen LogP contribution in [0.5, 0.6) is 0 Å². The number of hydrogen-bond acceptors (Lipinski definition) is 4. The Morgan fingerprint density at radius 1 is 1.45 bits per heavy atom. The summed E-state index contributed by atoms with van der Waals surface area (Å²) in [6.07, 6.45) is 2.80. The van der Waals surface area contributed by atoms with Crippen LogP contribution in [0.1, 0.15) is 22.3 Å². The average molecular weight is 275 g/mol. The van der Waals surface area contributed by atoms with E-state index >= 15 is 0 Å². The Labute approximate surface area is 117 Å². The summed E-state index contributed by atoms with van der Waals surface area (Å²) in [5.74, 6) is -0.227. The predicted octanol–water partition coefficient (Wildman–Crippen LogP) is 1.67. The SMILES string of the molecule is CNC(=O)c1ccc([N+](=O)[O-])cc1C1=CCN(C)CC1. The first kappa shape index (κ1) is 14.2. The Morgan fingerprint density at radius 3 is 2.75 bits per heavy atom. The first-order valence-electron chi connectivity index (χ1n) is 6.41. The fraction of sp³-hybridized carbons (Fsp3) is 0.357. The van der Waals surface area contributed by atoms with Crippen molar-refractivity contribution in [2.45, 2.75) is 6.42 Å². The van der Waals surface area contributed by atoms with E-state index < -0.39 is 4.92 Å². The molecular weight excluding hydrogens is 258 g/mol. The summed E-state index contributed by atoms with van der Waals surface area (Å²) in [4.78, 5) is 24.5. The fourth-order valence-electron chi connectivity index (χ4n) is 2.26. The van der Waals surface area contributed by atoms with Gasteiger partial charge in [0.25, 0.3) is 11.6 Å². The van der Waals surface area contributed by atoms with Crippen LogP contribution >= 0.6 is 0 Å². The summed E-state index contributed by atoms with van der Waals surface area (Å²) in [6, 6.07) is 4.37. The van der Waals surface area contributed by atoms with Gasteiger partial charge >= 0.3 is 0 Å². The standard InChI is InChI=1S/C14H17N3O3/c1-15-14(18)12-4-3-11(17(19)20)9-13(12)10-5-7-16(2)8-6-10/h3-5,9H,6-8H2,1-2H3,(H,15,18). The Kier molecular flexibility index (Phi) is 4.14. The van der Waals surface area contributed by atoms with Crippen molar-refractivity contribution >= 4 is 17.2 Å². The van der Waals surface area contributed by atoms with Crippen molar-refractivity contribution in [1.82, 2.24) is 10.2 Å². The number of carbonyl (C=O) groups is 1. The van der Waals surface area contributed by atoms with Gasteiger partial charge in [-0.1, -0.05) is 6.08 Å². The van der Waals surface area contributed by atoms with Crippen LogP contribution in [0, 0.1) is 10.1 Å². The van der Waals surface area contributed by atoms with E-state index in [0.29, 0.717) is 11.1 Å². The van der Waals surface area contributed by atoms with Crippen LogP contribution in [0.15, 0.2) is 24.3 Å². The van der Waals surface area contributed by atoms with Gasteiger partial charge < -0.3 is 10.2 Å². The monoisotopic (exact) mass is 275 g/mol. The zero-order chi connectivity index (χ0) is 14.7. The molecule has 0 bridgehead atoms. The normalized spacial score (nSPS) is 15.6. The van der Waals surface area contributed by atoms with Crippen molar-refractivity contribution < 1.29 is 9.72 Å². The number of rotatable bonds is 3. The molecule has 0 unspecified atom stereocenters. The summed E-state index contributed by atoms with van der Waals surface area (Å²) in [5.41, 5.74) is 2.14. The molecule has 1 heterocycles. The highest BCUT2D eigenvalue weighted by Crippen LogP contribution is 2.28. The van der Waals surface area contributed by atoms with E-state index in [1.54, 1.807) is 7.05 Å².